The second-order valence-electron chi connectivity index (χ2n) is 12.7. The van der Waals surface area contributed by atoms with Crippen molar-refractivity contribution >= 4 is 22.8 Å². The van der Waals surface area contributed by atoms with Crippen molar-refractivity contribution in [2.45, 2.75) is 56.9 Å². The van der Waals surface area contributed by atoms with Crippen LogP contribution in [-0.4, -0.2) is 79.1 Å². The van der Waals surface area contributed by atoms with E-state index in [2.05, 4.69) is 58.3 Å². The van der Waals surface area contributed by atoms with Gasteiger partial charge in [0.2, 0.25) is 0 Å². The smallest absolute Gasteiger partial charge is 0.409 e. The lowest BCUT2D eigenvalue weighted by Gasteiger charge is -2.40. The summed E-state index contributed by atoms with van der Waals surface area (Å²) in [7, 11) is 1.51. The third kappa shape index (κ3) is 6.34. The Morgan fingerprint density at radius 1 is 0.833 bits per heavy atom. The molecule has 0 spiro atoms. The van der Waals surface area contributed by atoms with Gasteiger partial charge in [-0.25, -0.2) is 4.79 Å². The Kier molecular flexibility index (Phi) is 9.09. The van der Waals surface area contributed by atoms with Gasteiger partial charge in [-0.15, -0.1) is 0 Å². The zero-order valence-corrected chi connectivity index (χ0v) is 25.0. The number of likely N-dealkylation sites (tertiary alicyclic amines) is 2. The number of piperidine rings is 1. The summed E-state index contributed by atoms with van der Waals surface area (Å²) >= 11 is 0. The van der Waals surface area contributed by atoms with Gasteiger partial charge in [0.05, 0.1) is 7.11 Å². The average molecular weight is 568 g/mol. The van der Waals surface area contributed by atoms with Gasteiger partial charge >= 0.3 is 6.09 Å². The number of hydrogen-bond acceptors (Lipinski definition) is 4. The highest BCUT2D eigenvalue weighted by atomic mass is 16.5. The van der Waals surface area contributed by atoms with Crippen LogP contribution < -0.4 is 0 Å². The SMILES string of the molecule is COC(=O)N(CC1CCCCC1)C1CCN(C[C@H]2CN(C(=O)c3cccc4ccccc34)C[C@@H]2c2ccccc2)CC1. The van der Waals surface area contributed by atoms with E-state index in [-0.39, 0.29) is 18.0 Å². The van der Waals surface area contributed by atoms with E-state index >= 15 is 0 Å². The van der Waals surface area contributed by atoms with E-state index in [0.717, 1.165) is 68.4 Å². The topological polar surface area (TPSA) is 53.1 Å². The molecule has 1 aliphatic carbocycles. The van der Waals surface area contributed by atoms with Crippen molar-refractivity contribution in [3.05, 3.63) is 83.9 Å². The molecule has 0 unspecified atom stereocenters. The Hall–Kier alpha value is -3.38. The fourth-order valence-electron chi connectivity index (χ4n) is 7.77. The van der Waals surface area contributed by atoms with E-state index in [4.69, 9.17) is 4.74 Å². The molecule has 0 bridgehead atoms. The average Bonchev–Trinajstić information content (AvgIpc) is 3.47. The normalized spacial score (nSPS) is 22.4. The summed E-state index contributed by atoms with van der Waals surface area (Å²) in [5.41, 5.74) is 2.11. The molecule has 2 aliphatic heterocycles. The minimum Gasteiger partial charge on any atom is -0.453 e. The van der Waals surface area contributed by atoms with Crippen molar-refractivity contribution in [2.24, 2.45) is 11.8 Å². The molecular formula is C36H45N3O3. The number of carbonyl (C=O) groups is 2. The Morgan fingerprint density at radius 3 is 2.31 bits per heavy atom. The Labute approximate surface area is 250 Å². The van der Waals surface area contributed by atoms with Gasteiger partial charge in [-0.3, -0.25) is 4.79 Å². The van der Waals surface area contributed by atoms with Gasteiger partial charge in [-0.1, -0.05) is 86.0 Å². The van der Waals surface area contributed by atoms with Crippen LogP contribution in [0.2, 0.25) is 0 Å². The quantitative estimate of drug-likeness (QED) is 0.315. The number of benzene rings is 3. The maximum absolute atomic E-state index is 13.9. The van der Waals surface area contributed by atoms with Gasteiger partial charge < -0.3 is 19.4 Å². The lowest BCUT2D eigenvalue weighted by Crippen LogP contribution is -2.50. The van der Waals surface area contributed by atoms with Crippen molar-refractivity contribution in [3.63, 3.8) is 0 Å². The first-order valence-corrected chi connectivity index (χ1v) is 16.0. The molecule has 6 rings (SSSR count). The zero-order valence-electron chi connectivity index (χ0n) is 25.0. The summed E-state index contributed by atoms with van der Waals surface area (Å²) in [4.78, 5) is 33.4. The van der Waals surface area contributed by atoms with Crippen LogP contribution in [0, 0.1) is 11.8 Å². The van der Waals surface area contributed by atoms with Crippen molar-refractivity contribution in [3.8, 4) is 0 Å². The predicted octanol–water partition coefficient (Wildman–Crippen LogP) is 6.81. The number of methoxy groups -OCH3 is 1. The summed E-state index contributed by atoms with van der Waals surface area (Å²) in [5.74, 6) is 1.40. The molecule has 6 nitrogen and oxygen atoms in total. The molecule has 3 aromatic rings. The lowest BCUT2D eigenvalue weighted by molar-refractivity contribution is 0.0619. The van der Waals surface area contributed by atoms with Crippen LogP contribution >= 0.6 is 0 Å². The first-order chi connectivity index (χ1) is 20.6. The monoisotopic (exact) mass is 567 g/mol. The molecule has 222 valence electrons. The number of amides is 2. The number of rotatable bonds is 7. The molecular weight excluding hydrogens is 522 g/mol. The zero-order chi connectivity index (χ0) is 28.9. The minimum absolute atomic E-state index is 0.130. The largest absolute Gasteiger partial charge is 0.453 e. The second-order valence-corrected chi connectivity index (χ2v) is 12.7. The maximum atomic E-state index is 13.9. The standard InChI is InChI=1S/C36H45N3O3/c1-42-36(41)39(23-27-11-4-2-5-12-27)31-19-21-37(22-20-31)24-30-25-38(26-34(30)29-13-6-3-7-14-29)35(40)33-18-10-16-28-15-8-9-17-32(28)33/h3,6-10,13-18,27,30-31,34H,2,4-5,11-12,19-26H2,1H3/t30-,34+/m0/s1. The van der Waals surface area contributed by atoms with Crippen LogP contribution in [0.1, 0.15) is 66.8 Å². The van der Waals surface area contributed by atoms with Crippen LogP contribution in [0.5, 0.6) is 0 Å². The molecule has 3 fully saturated rings. The lowest BCUT2D eigenvalue weighted by atomic mass is 9.87. The first kappa shape index (κ1) is 28.7. The van der Waals surface area contributed by atoms with E-state index in [9.17, 15) is 9.59 Å². The highest BCUT2D eigenvalue weighted by Gasteiger charge is 2.39. The second kappa shape index (κ2) is 13.3. The number of ether oxygens (including phenoxy) is 1. The Bertz CT molecular complexity index is 1340. The molecule has 2 saturated heterocycles. The van der Waals surface area contributed by atoms with Gasteiger partial charge in [0.15, 0.2) is 0 Å². The van der Waals surface area contributed by atoms with Crippen molar-refractivity contribution in [2.75, 3.05) is 46.4 Å². The van der Waals surface area contributed by atoms with E-state index in [0.29, 0.717) is 17.8 Å². The summed E-state index contributed by atoms with van der Waals surface area (Å²) in [5, 5.41) is 2.13. The van der Waals surface area contributed by atoms with E-state index in [1.807, 2.05) is 29.2 Å². The molecule has 6 heteroatoms. The third-order valence-corrected chi connectivity index (χ3v) is 10.1. The van der Waals surface area contributed by atoms with Gasteiger partial charge in [-0.05, 0) is 59.9 Å². The summed E-state index contributed by atoms with van der Waals surface area (Å²) in [6, 6.07) is 25.2. The molecule has 2 atom stereocenters. The van der Waals surface area contributed by atoms with Crippen molar-refractivity contribution in [1.82, 2.24) is 14.7 Å². The van der Waals surface area contributed by atoms with Crippen molar-refractivity contribution < 1.29 is 14.3 Å². The van der Waals surface area contributed by atoms with Crippen LogP contribution in [-0.2, 0) is 4.74 Å². The van der Waals surface area contributed by atoms with E-state index in [1.54, 1.807) is 0 Å². The highest BCUT2D eigenvalue weighted by Crippen LogP contribution is 2.36. The van der Waals surface area contributed by atoms with Gasteiger partial charge in [-0.2, -0.15) is 0 Å². The van der Waals surface area contributed by atoms with Gasteiger partial charge in [0, 0.05) is 56.8 Å². The molecule has 0 radical (unpaired) electrons. The fourth-order valence-corrected chi connectivity index (χ4v) is 7.77. The van der Waals surface area contributed by atoms with Crippen LogP contribution in [0.25, 0.3) is 10.8 Å². The molecule has 0 N–H and O–H groups in total. The van der Waals surface area contributed by atoms with Crippen LogP contribution in [0.3, 0.4) is 0 Å². The predicted molar refractivity (Wildman–Crippen MR) is 168 cm³/mol. The summed E-state index contributed by atoms with van der Waals surface area (Å²) in [6.45, 7) is 5.24. The molecule has 2 amide bonds. The van der Waals surface area contributed by atoms with E-state index in [1.165, 1.54) is 44.8 Å². The van der Waals surface area contributed by atoms with Gasteiger partial charge in [0.25, 0.3) is 5.91 Å². The fraction of sp³-hybridized carbons (Fsp3) is 0.500. The van der Waals surface area contributed by atoms with Crippen LogP contribution in [0.4, 0.5) is 4.79 Å². The molecule has 1 saturated carbocycles. The highest BCUT2D eigenvalue weighted by molar-refractivity contribution is 6.07. The van der Waals surface area contributed by atoms with Crippen molar-refractivity contribution in [1.29, 1.82) is 0 Å². The Balaban J connectivity index is 1.13. The summed E-state index contributed by atoms with van der Waals surface area (Å²) < 4.78 is 5.24. The number of carbonyl (C=O) groups excluding carboxylic acids is 2. The van der Waals surface area contributed by atoms with Crippen LogP contribution in [0.15, 0.2) is 72.8 Å². The molecule has 3 aromatic carbocycles. The molecule has 2 heterocycles. The van der Waals surface area contributed by atoms with E-state index < -0.39 is 0 Å². The number of fused-ring (bicyclic) bond motifs is 1. The molecule has 42 heavy (non-hydrogen) atoms. The maximum Gasteiger partial charge on any atom is 0.409 e. The van der Waals surface area contributed by atoms with Gasteiger partial charge in [0.1, 0.15) is 0 Å². The molecule has 3 aliphatic rings. The summed E-state index contributed by atoms with van der Waals surface area (Å²) in [6.07, 6.45) is 8.12. The number of nitrogens with zero attached hydrogens (tertiary/aromatic N) is 3. The minimum atomic E-state index is -0.165. The first-order valence-electron chi connectivity index (χ1n) is 16.0. The number of hydrogen-bond donors (Lipinski definition) is 0. The Morgan fingerprint density at radius 2 is 1.55 bits per heavy atom. The molecule has 0 aromatic heterocycles. The third-order valence-electron chi connectivity index (χ3n) is 10.1.